The van der Waals surface area contributed by atoms with Gasteiger partial charge in [-0.2, -0.15) is 4.98 Å². The number of hydrogen-bond donors (Lipinski definition) is 2. The molecule has 1 saturated heterocycles. The van der Waals surface area contributed by atoms with Crippen molar-refractivity contribution < 1.29 is 13.8 Å². The standard InChI is InChI=1S/C14H15N7O3/c1-8-11(20-24-19-8)9-4-2-6-21(9)14(22)16-13-15-12(17-18-13)10-5-3-7-23-10/h3,5,7,9H,2,4,6H2,1H3,(H2,15,16,17,18,22)/t9-/m1/s1. The number of carbonyl (C=O) groups is 1. The summed E-state index contributed by atoms with van der Waals surface area (Å²) < 4.78 is 9.98. The Labute approximate surface area is 136 Å². The lowest BCUT2D eigenvalue weighted by Gasteiger charge is -2.22. The summed E-state index contributed by atoms with van der Waals surface area (Å²) in [6.07, 6.45) is 3.24. The monoisotopic (exact) mass is 329 g/mol. The van der Waals surface area contributed by atoms with Crippen molar-refractivity contribution in [1.29, 1.82) is 0 Å². The van der Waals surface area contributed by atoms with Gasteiger partial charge < -0.3 is 9.32 Å². The van der Waals surface area contributed by atoms with Crippen LogP contribution in [0.15, 0.2) is 27.4 Å². The number of aromatic amines is 1. The van der Waals surface area contributed by atoms with Gasteiger partial charge in [0.15, 0.2) is 11.6 Å². The van der Waals surface area contributed by atoms with E-state index in [9.17, 15) is 4.79 Å². The Bertz CT molecular complexity index is 838. The molecular weight excluding hydrogens is 314 g/mol. The van der Waals surface area contributed by atoms with Crippen LogP contribution in [0.4, 0.5) is 10.7 Å². The molecule has 10 nitrogen and oxygen atoms in total. The van der Waals surface area contributed by atoms with E-state index in [4.69, 9.17) is 9.05 Å². The lowest BCUT2D eigenvalue weighted by Crippen LogP contribution is -2.35. The number of nitrogens with one attached hydrogen (secondary N) is 2. The van der Waals surface area contributed by atoms with Gasteiger partial charge >= 0.3 is 6.03 Å². The van der Waals surface area contributed by atoms with Crippen LogP contribution in [0.1, 0.15) is 30.3 Å². The van der Waals surface area contributed by atoms with Gasteiger partial charge in [-0.15, -0.1) is 5.10 Å². The molecule has 2 amide bonds. The predicted octanol–water partition coefficient (Wildman–Crippen LogP) is 2.13. The normalized spacial score (nSPS) is 17.4. The van der Waals surface area contributed by atoms with Crippen molar-refractivity contribution in [2.75, 3.05) is 11.9 Å². The Hall–Kier alpha value is -3.17. The third kappa shape index (κ3) is 2.51. The number of urea groups is 1. The maximum Gasteiger partial charge on any atom is 0.324 e. The molecule has 0 bridgehead atoms. The van der Waals surface area contributed by atoms with Crippen molar-refractivity contribution in [2.24, 2.45) is 0 Å². The fourth-order valence-corrected chi connectivity index (χ4v) is 2.84. The molecule has 4 heterocycles. The van der Waals surface area contributed by atoms with Crippen molar-refractivity contribution in [3.05, 3.63) is 29.8 Å². The summed E-state index contributed by atoms with van der Waals surface area (Å²) in [6, 6.07) is 3.06. The molecule has 3 aromatic heterocycles. The molecule has 0 saturated carbocycles. The first-order chi connectivity index (χ1) is 11.7. The van der Waals surface area contributed by atoms with Gasteiger partial charge in [0.25, 0.3) is 5.95 Å². The van der Waals surface area contributed by atoms with Gasteiger partial charge in [0.2, 0.25) is 0 Å². The van der Waals surface area contributed by atoms with Gasteiger partial charge in [0.1, 0.15) is 11.4 Å². The third-order valence-electron chi connectivity index (χ3n) is 3.98. The van der Waals surface area contributed by atoms with E-state index >= 15 is 0 Å². The Morgan fingerprint density at radius 1 is 1.46 bits per heavy atom. The summed E-state index contributed by atoms with van der Waals surface area (Å²) in [6.45, 7) is 2.43. The molecule has 24 heavy (non-hydrogen) atoms. The van der Waals surface area contributed by atoms with Crippen LogP contribution in [0.25, 0.3) is 11.6 Å². The van der Waals surface area contributed by atoms with E-state index in [1.54, 1.807) is 23.3 Å². The largest absolute Gasteiger partial charge is 0.461 e. The van der Waals surface area contributed by atoms with Crippen molar-refractivity contribution in [1.82, 2.24) is 30.4 Å². The number of H-pyrrole nitrogens is 1. The number of nitrogens with zero attached hydrogens (tertiary/aromatic N) is 5. The zero-order valence-corrected chi connectivity index (χ0v) is 12.9. The van der Waals surface area contributed by atoms with E-state index in [2.05, 4.69) is 30.8 Å². The fourth-order valence-electron chi connectivity index (χ4n) is 2.84. The maximum absolute atomic E-state index is 12.5. The summed E-state index contributed by atoms with van der Waals surface area (Å²) in [5.74, 6) is 1.18. The number of carbonyl (C=O) groups excluding carboxylic acids is 1. The zero-order valence-electron chi connectivity index (χ0n) is 12.9. The third-order valence-corrected chi connectivity index (χ3v) is 3.98. The summed E-state index contributed by atoms with van der Waals surface area (Å²) in [4.78, 5) is 18.4. The van der Waals surface area contributed by atoms with E-state index < -0.39 is 0 Å². The SMILES string of the molecule is Cc1nonc1[C@H]1CCCN1C(=O)Nc1n[nH]c(-c2ccco2)n1. The van der Waals surface area contributed by atoms with Gasteiger partial charge in [0.05, 0.1) is 12.3 Å². The highest BCUT2D eigenvalue weighted by molar-refractivity contribution is 5.88. The molecule has 2 N–H and O–H groups in total. The zero-order chi connectivity index (χ0) is 16.5. The number of rotatable bonds is 3. The average molecular weight is 329 g/mol. The van der Waals surface area contributed by atoms with Gasteiger partial charge in [0, 0.05) is 6.54 Å². The van der Waals surface area contributed by atoms with Gasteiger partial charge in [-0.3, -0.25) is 10.4 Å². The highest BCUT2D eigenvalue weighted by Crippen LogP contribution is 2.32. The molecule has 0 radical (unpaired) electrons. The van der Waals surface area contributed by atoms with Crippen LogP contribution in [0.3, 0.4) is 0 Å². The second-order valence-electron chi connectivity index (χ2n) is 5.50. The van der Waals surface area contributed by atoms with Crippen molar-refractivity contribution in [2.45, 2.75) is 25.8 Å². The second-order valence-corrected chi connectivity index (χ2v) is 5.50. The summed E-state index contributed by atoms with van der Waals surface area (Å²) in [7, 11) is 0. The van der Waals surface area contributed by atoms with Crippen LogP contribution in [-0.2, 0) is 0 Å². The number of aromatic nitrogens is 5. The number of furan rings is 1. The summed E-state index contributed by atoms with van der Waals surface area (Å²) in [5.41, 5.74) is 1.38. The smallest absolute Gasteiger partial charge is 0.324 e. The Morgan fingerprint density at radius 2 is 2.38 bits per heavy atom. The van der Waals surface area contributed by atoms with Crippen LogP contribution in [0, 0.1) is 6.92 Å². The number of anilines is 1. The fraction of sp³-hybridized carbons (Fsp3) is 0.357. The molecular formula is C14H15N7O3. The average Bonchev–Trinajstić information content (AvgIpc) is 3.34. The van der Waals surface area contributed by atoms with Crippen molar-refractivity contribution >= 4 is 12.0 Å². The Kier molecular flexibility index (Phi) is 3.48. The van der Waals surface area contributed by atoms with Crippen LogP contribution >= 0.6 is 0 Å². The molecule has 124 valence electrons. The lowest BCUT2D eigenvalue weighted by molar-refractivity contribution is 0.203. The highest BCUT2D eigenvalue weighted by atomic mass is 16.6. The molecule has 0 aromatic carbocycles. The first-order valence-corrected chi connectivity index (χ1v) is 7.55. The van der Waals surface area contributed by atoms with Crippen LogP contribution in [-0.4, -0.2) is 43.0 Å². The summed E-state index contributed by atoms with van der Waals surface area (Å²) in [5, 5.41) is 17.1. The molecule has 1 fully saturated rings. The van der Waals surface area contributed by atoms with E-state index in [1.807, 2.05) is 6.92 Å². The number of aryl methyl sites for hydroxylation is 1. The van der Waals surface area contributed by atoms with E-state index in [0.29, 0.717) is 29.5 Å². The Morgan fingerprint density at radius 3 is 3.12 bits per heavy atom. The van der Waals surface area contributed by atoms with Gasteiger partial charge in [-0.05, 0) is 31.9 Å². The number of hydrogen-bond acceptors (Lipinski definition) is 7. The molecule has 1 aliphatic heterocycles. The molecule has 1 aliphatic rings. The lowest BCUT2D eigenvalue weighted by atomic mass is 10.1. The minimum Gasteiger partial charge on any atom is -0.461 e. The van der Waals surface area contributed by atoms with E-state index in [-0.39, 0.29) is 18.0 Å². The number of likely N-dealkylation sites (tertiary alicyclic amines) is 1. The molecule has 10 heteroatoms. The minimum atomic E-state index is -0.287. The molecule has 0 unspecified atom stereocenters. The van der Waals surface area contributed by atoms with E-state index in [1.165, 1.54) is 0 Å². The number of amides is 2. The van der Waals surface area contributed by atoms with Gasteiger partial charge in [-0.25, -0.2) is 9.42 Å². The van der Waals surface area contributed by atoms with Crippen molar-refractivity contribution in [3.63, 3.8) is 0 Å². The van der Waals surface area contributed by atoms with E-state index in [0.717, 1.165) is 12.8 Å². The predicted molar refractivity (Wildman–Crippen MR) is 80.8 cm³/mol. The first-order valence-electron chi connectivity index (χ1n) is 7.55. The molecule has 4 rings (SSSR count). The van der Waals surface area contributed by atoms with Crippen LogP contribution < -0.4 is 5.32 Å². The minimum absolute atomic E-state index is 0.153. The summed E-state index contributed by atoms with van der Waals surface area (Å²) >= 11 is 0. The van der Waals surface area contributed by atoms with Crippen LogP contribution in [0.2, 0.25) is 0 Å². The quantitative estimate of drug-likeness (QED) is 0.753. The molecule has 0 spiro atoms. The highest BCUT2D eigenvalue weighted by Gasteiger charge is 2.34. The second kappa shape index (κ2) is 5.80. The first kappa shape index (κ1) is 14.4. The molecule has 0 aliphatic carbocycles. The van der Waals surface area contributed by atoms with Gasteiger partial charge in [-0.1, -0.05) is 10.3 Å². The maximum atomic E-state index is 12.5. The molecule has 1 atom stereocenters. The topological polar surface area (TPSA) is 126 Å². The van der Waals surface area contributed by atoms with Crippen molar-refractivity contribution in [3.8, 4) is 11.6 Å². The molecule has 3 aromatic rings. The Balaban J connectivity index is 1.49. The van der Waals surface area contributed by atoms with Crippen LogP contribution in [0.5, 0.6) is 0 Å².